The predicted octanol–water partition coefficient (Wildman–Crippen LogP) is 1.94. The fraction of sp³-hybridized carbons (Fsp3) is 0.500. The first kappa shape index (κ1) is 14.5. The molecule has 1 fully saturated rings. The average Bonchev–Trinajstić information content (AvgIpc) is 2.46. The van der Waals surface area contributed by atoms with Crippen LogP contribution in [0.4, 0.5) is 0 Å². The van der Waals surface area contributed by atoms with E-state index in [-0.39, 0.29) is 5.91 Å². The highest BCUT2D eigenvalue weighted by atomic mass is 16.1. The van der Waals surface area contributed by atoms with Crippen LogP contribution in [0.15, 0.2) is 18.2 Å². The van der Waals surface area contributed by atoms with Crippen molar-refractivity contribution >= 4 is 5.91 Å². The molecular weight excluding hydrogens is 250 g/mol. The molecule has 4 heteroatoms. The third-order valence-corrected chi connectivity index (χ3v) is 3.99. The number of benzene rings is 1. The maximum Gasteiger partial charge on any atom is 0.251 e. The minimum Gasteiger partial charge on any atom is -0.352 e. The Balaban J connectivity index is 1.90. The lowest BCUT2D eigenvalue weighted by Crippen LogP contribution is -2.37. The molecule has 1 aromatic carbocycles. The zero-order valence-electron chi connectivity index (χ0n) is 12.1. The zero-order chi connectivity index (χ0) is 14.5. The molecular formula is C16H21N3O. The van der Waals surface area contributed by atoms with Gasteiger partial charge in [0.2, 0.25) is 0 Å². The van der Waals surface area contributed by atoms with Crippen molar-refractivity contribution in [2.45, 2.75) is 19.8 Å². The lowest BCUT2D eigenvalue weighted by atomic mass is 9.97. The Morgan fingerprint density at radius 3 is 2.75 bits per heavy atom. The molecule has 1 heterocycles. The molecule has 4 nitrogen and oxygen atoms in total. The summed E-state index contributed by atoms with van der Waals surface area (Å²) in [7, 11) is 2.13. The van der Waals surface area contributed by atoms with Gasteiger partial charge in [-0.15, -0.1) is 0 Å². The Kier molecular flexibility index (Phi) is 4.75. The number of nitriles is 1. The fourth-order valence-corrected chi connectivity index (χ4v) is 2.59. The first-order chi connectivity index (χ1) is 9.60. The van der Waals surface area contributed by atoms with Crippen molar-refractivity contribution in [2.75, 3.05) is 26.7 Å². The van der Waals surface area contributed by atoms with Gasteiger partial charge < -0.3 is 10.2 Å². The average molecular weight is 271 g/mol. The summed E-state index contributed by atoms with van der Waals surface area (Å²) in [4.78, 5) is 14.5. The van der Waals surface area contributed by atoms with E-state index in [1.807, 2.05) is 6.92 Å². The summed E-state index contributed by atoms with van der Waals surface area (Å²) in [6.07, 6.45) is 2.28. The smallest absolute Gasteiger partial charge is 0.251 e. The molecule has 1 aliphatic rings. The molecule has 0 aliphatic carbocycles. The largest absolute Gasteiger partial charge is 0.352 e. The van der Waals surface area contributed by atoms with Gasteiger partial charge in [0.15, 0.2) is 0 Å². The minimum absolute atomic E-state index is 0.0362. The van der Waals surface area contributed by atoms with Gasteiger partial charge in [-0.3, -0.25) is 4.79 Å². The van der Waals surface area contributed by atoms with E-state index in [0.717, 1.165) is 38.0 Å². The van der Waals surface area contributed by atoms with Gasteiger partial charge in [0.05, 0.1) is 11.6 Å². The Bertz CT molecular complexity index is 525. The number of amides is 1. The van der Waals surface area contributed by atoms with Crippen LogP contribution < -0.4 is 5.32 Å². The number of nitrogens with one attached hydrogen (secondary N) is 1. The zero-order valence-corrected chi connectivity index (χ0v) is 12.1. The van der Waals surface area contributed by atoms with E-state index in [2.05, 4.69) is 23.3 Å². The second-order valence-electron chi connectivity index (χ2n) is 5.60. The molecule has 1 N–H and O–H groups in total. The molecule has 20 heavy (non-hydrogen) atoms. The molecule has 0 spiro atoms. The molecule has 1 aromatic rings. The number of hydrogen-bond acceptors (Lipinski definition) is 3. The van der Waals surface area contributed by atoms with Crippen LogP contribution in [-0.4, -0.2) is 37.5 Å². The predicted molar refractivity (Wildman–Crippen MR) is 78.4 cm³/mol. The molecule has 0 radical (unpaired) electrons. The van der Waals surface area contributed by atoms with Gasteiger partial charge in [-0.1, -0.05) is 0 Å². The van der Waals surface area contributed by atoms with Gasteiger partial charge in [-0.05, 0) is 69.6 Å². The van der Waals surface area contributed by atoms with Crippen LogP contribution in [0.3, 0.4) is 0 Å². The quantitative estimate of drug-likeness (QED) is 0.914. The normalized spacial score (nSPS) is 16.6. The SMILES string of the molecule is Cc1cc(C#N)ccc1C(=O)NCC1CCN(C)CC1. The van der Waals surface area contributed by atoms with Crippen LogP contribution in [0.5, 0.6) is 0 Å². The molecule has 0 unspecified atom stereocenters. The van der Waals surface area contributed by atoms with Crippen molar-refractivity contribution in [3.63, 3.8) is 0 Å². The van der Waals surface area contributed by atoms with Crippen molar-refractivity contribution < 1.29 is 4.79 Å². The van der Waals surface area contributed by atoms with E-state index >= 15 is 0 Å². The highest BCUT2D eigenvalue weighted by Gasteiger charge is 2.18. The summed E-state index contributed by atoms with van der Waals surface area (Å²) in [5.41, 5.74) is 2.11. The summed E-state index contributed by atoms with van der Waals surface area (Å²) in [5, 5.41) is 11.9. The van der Waals surface area contributed by atoms with Crippen LogP contribution >= 0.6 is 0 Å². The van der Waals surface area contributed by atoms with Crippen molar-refractivity contribution in [1.82, 2.24) is 10.2 Å². The van der Waals surface area contributed by atoms with E-state index in [0.29, 0.717) is 17.0 Å². The number of nitrogens with zero attached hydrogens (tertiary/aromatic N) is 2. The highest BCUT2D eigenvalue weighted by Crippen LogP contribution is 2.15. The minimum atomic E-state index is -0.0362. The maximum absolute atomic E-state index is 12.2. The van der Waals surface area contributed by atoms with Gasteiger partial charge in [-0.2, -0.15) is 5.26 Å². The van der Waals surface area contributed by atoms with Crippen molar-refractivity contribution in [1.29, 1.82) is 5.26 Å². The Labute approximate surface area is 120 Å². The van der Waals surface area contributed by atoms with E-state index in [1.165, 1.54) is 0 Å². The van der Waals surface area contributed by atoms with E-state index in [4.69, 9.17) is 5.26 Å². The molecule has 1 aliphatic heterocycles. The second-order valence-corrected chi connectivity index (χ2v) is 5.60. The lowest BCUT2D eigenvalue weighted by molar-refractivity contribution is 0.0938. The summed E-state index contributed by atoms with van der Waals surface area (Å²) < 4.78 is 0. The fourth-order valence-electron chi connectivity index (χ4n) is 2.59. The summed E-state index contributed by atoms with van der Waals surface area (Å²) in [6, 6.07) is 7.27. The van der Waals surface area contributed by atoms with Crippen molar-refractivity contribution in [3.05, 3.63) is 34.9 Å². The van der Waals surface area contributed by atoms with Crippen molar-refractivity contribution in [3.8, 4) is 6.07 Å². The van der Waals surface area contributed by atoms with Gasteiger partial charge in [0.1, 0.15) is 0 Å². The Morgan fingerprint density at radius 1 is 1.45 bits per heavy atom. The molecule has 0 bridgehead atoms. The molecule has 0 atom stereocenters. The summed E-state index contributed by atoms with van der Waals surface area (Å²) in [6.45, 7) is 4.82. The molecule has 2 rings (SSSR count). The maximum atomic E-state index is 12.2. The number of rotatable bonds is 3. The first-order valence-electron chi connectivity index (χ1n) is 7.07. The second kappa shape index (κ2) is 6.53. The van der Waals surface area contributed by atoms with Crippen LogP contribution in [0.25, 0.3) is 0 Å². The summed E-state index contributed by atoms with van der Waals surface area (Å²) >= 11 is 0. The number of hydrogen-bond donors (Lipinski definition) is 1. The Morgan fingerprint density at radius 2 is 2.15 bits per heavy atom. The first-order valence-corrected chi connectivity index (χ1v) is 7.07. The van der Waals surface area contributed by atoms with Crippen LogP contribution in [0.1, 0.15) is 34.3 Å². The van der Waals surface area contributed by atoms with Gasteiger partial charge >= 0.3 is 0 Å². The van der Waals surface area contributed by atoms with Gasteiger partial charge in [0.25, 0.3) is 5.91 Å². The number of piperidine rings is 1. The van der Waals surface area contributed by atoms with E-state index < -0.39 is 0 Å². The molecule has 0 saturated carbocycles. The monoisotopic (exact) mass is 271 g/mol. The van der Waals surface area contributed by atoms with Crippen LogP contribution in [-0.2, 0) is 0 Å². The van der Waals surface area contributed by atoms with Gasteiger partial charge in [-0.25, -0.2) is 0 Å². The van der Waals surface area contributed by atoms with Crippen LogP contribution in [0.2, 0.25) is 0 Å². The van der Waals surface area contributed by atoms with Crippen molar-refractivity contribution in [2.24, 2.45) is 5.92 Å². The standard InChI is InChI=1S/C16H21N3O/c1-12-9-14(10-17)3-4-15(12)16(20)18-11-13-5-7-19(2)8-6-13/h3-4,9,13H,5-8,11H2,1-2H3,(H,18,20). The van der Waals surface area contributed by atoms with Gasteiger partial charge in [0, 0.05) is 12.1 Å². The summed E-state index contributed by atoms with van der Waals surface area (Å²) in [5.74, 6) is 0.541. The molecule has 106 valence electrons. The topological polar surface area (TPSA) is 56.1 Å². The number of carbonyl (C=O) groups excluding carboxylic acids is 1. The third kappa shape index (κ3) is 3.58. The number of carbonyl (C=O) groups is 1. The van der Waals surface area contributed by atoms with E-state index in [9.17, 15) is 4.79 Å². The number of likely N-dealkylation sites (tertiary alicyclic amines) is 1. The third-order valence-electron chi connectivity index (χ3n) is 3.99. The molecule has 0 aromatic heterocycles. The molecule has 1 amide bonds. The number of aryl methyl sites for hydroxylation is 1. The molecule has 1 saturated heterocycles. The Hall–Kier alpha value is -1.86. The van der Waals surface area contributed by atoms with E-state index in [1.54, 1.807) is 18.2 Å². The lowest BCUT2D eigenvalue weighted by Gasteiger charge is -2.29. The van der Waals surface area contributed by atoms with Crippen LogP contribution in [0, 0.1) is 24.2 Å². The highest BCUT2D eigenvalue weighted by molar-refractivity contribution is 5.95.